The maximum Gasteiger partial charge on any atom is 0.372 e. The van der Waals surface area contributed by atoms with Gasteiger partial charge in [0.25, 0.3) is 0 Å². The van der Waals surface area contributed by atoms with E-state index in [-0.39, 0.29) is 5.76 Å². The van der Waals surface area contributed by atoms with Crippen LogP contribution in [0.5, 0.6) is 0 Å². The molecule has 1 aromatic heterocycles. The summed E-state index contributed by atoms with van der Waals surface area (Å²) in [5.41, 5.74) is 0.643. The Bertz CT molecular complexity index is 395. The van der Waals surface area contributed by atoms with Gasteiger partial charge in [0.2, 0.25) is 5.76 Å². The largest absolute Gasteiger partial charge is 0.475 e. The highest BCUT2D eigenvalue weighted by Crippen LogP contribution is 2.17. The van der Waals surface area contributed by atoms with Crippen molar-refractivity contribution in [3.05, 3.63) is 23.2 Å². The van der Waals surface area contributed by atoms with Crippen LogP contribution in [0.2, 0.25) is 0 Å². The maximum atomic E-state index is 10.8. The van der Waals surface area contributed by atoms with Gasteiger partial charge in [0.1, 0.15) is 12.4 Å². The number of aryl methyl sites for hydroxylation is 1. The molecule has 1 atom stereocenters. The molecule has 0 spiro atoms. The zero-order valence-corrected chi connectivity index (χ0v) is 12.1. The van der Waals surface area contributed by atoms with Gasteiger partial charge in [0, 0.05) is 12.2 Å². The molecule has 4 heteroatoms. The normalized spacial score (nSPS) is 12.6. The van der Waals surface area contributed by atoms with Gasteiger partial charge < -0.3 is 14.3 Å². The minimum absolute atomic E-state index is 0.0108. The summed E-state index contributed by atoms with van der Waals surface area (Å²) in [4.78, 5) is 10.8. The smallest absolute Gasteiger partial charge is 0.372 e. The second-order valence-corrected chi connectivity index (χ2v) is 4.96. The van der Waals surface area contributed by atoms with Crippen molar-refractivity contribution in [1.29, 1.82) is 0 Å². The standard InChI is InChI=1S/C15H24O4/c1-4-6-7-12(5-2)9-18-10-13-8-11(3)14(19-13)15(16)17/h8,12H,4-7,9-10H2,1-3H3,(H,16,17). The first-order valence-electron chi connectivity index (χ1n) is 6.98. The van der Waals surface area contributed by atoms with E-state index >= 15 is 0 Å². The van der Waals surface area contributed by atoms with Crippen LogP contribution in [0.15, 0.2) is 10.5 Å². The van der Waals surface area contributed by atoms with Crippen LogP contribution in [0, 0.1) is 12.8 Å². The summed E-state index contributed by atoms with van der Waals surface area (Å²) < 4.78 is 10.9. The summed E-state index contributed by atoms with van der Waals surface area (Å²) in [6.45, 7) is 7.14. The molecule has 19 heavy (non-hydrogen) atoms. The molecule has 108 valence electrons. The van der Waals surface area contributed by atoms with Crippen molar-refractivity contribution in [3.63, 3.8) is 0 Å². The van der Waals surface area contributed by atoms with Gasteiger partial charge in [0.15, 0.2) is 0 Å². The van der Waals surface area contributed by atoms with E-state index in [1.165, 1.54) is 19.3 Å². The van der Waals surface area contributed by atoms with Crippen LogP contribution in [-0.2, 0) is 11.3 Å². The molecule has 0 saturated carbocycles. The summed E-state index contributed by atoms with van der Waals surface area (Å²) in [6, 6.07) is 1.73. The molecule has 0 bridgehead atoms. The fraction of sp³-hybridized carbons (Fsp3) is 0.667. The first-order valence-corrected chi connectivity index (χ1v) is 6.98. The molecule has 1 aromatic rings. The Balaban J connectivity index is 2.40. The monoisotopic (exact) mass is 268 g/mol. The van der Waals surface area contributed by atoms with Gasteiger partial charge in [0.05, 0.1) is 0 Å². The topological polar surface area (TPSA) is 59.7 Å². The Morgan fingerprint density at radius 3 is 2.74 bits per heavy atom. The van der Waals surface area contributed by atoms with Gasteiger partial charge in [-0.05, 0) is 25.3 Å². The van der Waals surface area contributed by atoms with Crippen LogP contribution in [-0.4, -0.2) is 17.7 Å². The summed E-state index contributed by atoms with van der Waals surface area (Å²) in [6.07, 6.45) is 4.73. The quantitative estimate of drug-likeness (QED) is 0.734. The second-order valence-electron chi connectivity index (χ2n) is 4.96. The Morgan fingerprint density at radius 1 is 1.47 bits per heavy atom. The van der Waals surface area contributed by atoms with Gasteiger partial charge in [-0.15, -0.1) is 0 Å². The molecule has 0 saturated heterocycles. The molecule has 0 aliphatic heterocycles. The second kappa shape index (κ2) is 8.00. The molecule has 0 amide bonds. The number of carboxylic acids is 1. The predicted octanol–water partition coefficient (Wildman–Crippen LogP) is 4.02. The van der Waals surface area contributed by atoms with Gasteiger partial charge in [-0.3, -0.25) is 0 Å². The summed E-state index contributed by atoms with van der Waals surface area (Å²) >= 11 is 0. The number of ether oxygens (including phenoxy) is 1. The van der Waals surface area contributed by atoms with E-state index in [9.17, 15) is 4.79 Å². The lowest BCUT2D eigenvalue weighted by Crippen LogP contribution is -2.08. The van der Waals surface area contributed by atoms with Crippen molar-refractivity contribution in [2.45, 2.75) is 53.1 Å². The minimum atomic E-state index is -1.03. The lowest BCUT2D eigenvalue weighted by Gasteiger charge is -2.13. The SMILES string of the molecule is CCCCC(CC)COCc1cc(C)c(C(=O)O)o1. The molecule has 1 N–H and O–H groups in total. The molecule has 0 aliphatic carbocycles. The number of rotatable bonds is 9. The minimum Gasteiger partial charge on any atom is -0.475 e. The van der Waals surface area contributed by atoms with Crippen molar-refractivity contribution in [2.24, 2.45) is 5.92 Å². The number of carboxylic acid groups (broad SMARTS) is 1. The van der Waals surface area contributed by atoms with Crippen molar-refractivity contribution in [2.75, 3.05) is 6.61 Å². The molecular formula is C15H24O4. The molecule has 0 radical (unpaired) electrons. The molecule has 1 rings (SSSR count). The van der Waals surface area contributed by atoms with E-state index < -0.39 is 5.97 Å². The summed E-state index contributed by atoms with van der Waals surface area (Å²) in [5, 5.41) is 8.89. The van der Waals surface area contributed by atoms with E-state index in [0.717, 1.165) is 6.42 Å². The third kappa shape index (κ3) is 5.07. The summed E-state index contributed by atoms with van der Waals surface area (Å²) in [7, 11) is 0. The molecule has 0 fully saturated rings. The lowest BCUT2D eigenvalue weighted by atomic mass is 10.0. The number of aromatic carboxylic acids is 1. The third-order valence-corrected chi connectivity index (χ3v) is 3.30. The lowest BCUT2D eigenvalue weighted by molar-refractivity contribution is 0.0609. The fourth-order valence-electron chi connectivity index (χ4n) is 2.06. The average Bonchev–Trinajstić information content (AvgIpc) is 2.75. The van der Waals surface area contributed by atoms with Gasteiger partial charge >= 0.3 is 5.97 Å². The van der Waals surface area contributed by atoms with E-state index in [4.69, 9.17) is 14.3 Å². The van der Waals surface area contributed by atoms with E-state index in [0.29, 0.717) is 30.5 Å². The van der Waals surface area contributed by atoms with Crippen LogP contribution in [0.4, 0.5) is 0 Å². The zero-order chi connectivity index (χ0) is 14.3. The number of carbonyl (C=O) groups is 1. The Kier molecular flexibility index (Phi) is 6.64. The number of hydrogen-bond donors (Lipinski definition) is 1. The van der Waals surface area contributed by atoms with E-state index in [2.05, 4.69) is 13.8 Å². The third-order valence-electron chi connectivity index (χ3n) is 3.30. The highest BCUT2D eigenvalue weighted by Gasteiger charge is 2.14. The molecule has 1 heterocycles. The number of hydrogen-bond acceptors (Lipinski definition) is 3. The highest BCUT2D eigenvalue weighted by molar-refractivity contribution is 5.86. The Hall–Kier alpha value is -1.29. The predicted molar refractivity (Wildman–Crippen MR) is 73.4 cm³/mol. The molecule has 0 aromatic carbocycles. The fourth-order valence-corrected chi connectivity index (χ4v) is 2.06. The molecule has 0 aliphatic rings. The van der Waals surface area contributed by atoms with Crippen LogP contribution >= 0.6 is 0 Å². The van der Waals surface area contributed by atoms with Crippen LogP contribution in [0.3, 0.4) is 0 Å². The van der Waals surface area contributed by atoms with Gasteiger partial charge in [-0.25, -0.2) is 4.79 Å². The van der Waals surface area contributed by atoms with Gasteiger partial charge in [-0.2, -0.15) is 0 Å². The van der Waals surface area contributed by atoms with Crippen molar-refractivity contribution < 1.29 is 19.1 Å². The average molecular weight is 268 g/mol. The van der Waals surface area contributed by atoms with E-state index in [1.807, 2.05) is 0 Å². The Labute approximate surface area is 114 Å². The van der Waals surface area contributed by atoms with Crippen molar-refractivity contribution in [1.82, 2.24) is 0 Å². The first kappa shape index (κ1) is 15.8. The molecule has 4 nitrogen and oxygen atoms in total. The van der Waals surface area contributed by atoms with Crippen molar-refractivity contribution >= 4 is 5.97 Å². The van der Waals surface area contributed by atoms with Crippen molar-refractivity contribution in [3.8, 4) is 0 Å². The molecular weight excluding hydrogens is 244 g/mol. The first-order chi connectivity index (χ1) is 9.08. The highest BCUT2D eigenvalue weighted by atomic mass is 16.5. The maximum absolute atomic E-state index is 10.8. The number of furan rings is 1. The summed E-state index contributed by atoms with van der Waals surface area (Å²) in [5.74, 6) is 0.143. The molecule has 1 unspecified atom stereocenters. The zero-order valence-electron chi connectivity index (χ0n) is 12.1. The van der Waals surface area contributed by atoms with Crippen LogP contribution < -0.4 is 0 Å². The van der Waals surface area contributed by atoms with Crippen LogP contribution in [0.1, 0.15) is 61.4 Å². The van der Waals surface area contributed by atoms with E-state index in [1.54, 1.807) is 13.0 Å². The number of unbranched alkanes of at least 4 members (excludes halogenated alkanes) is 1. The van der Waals surface area contributed by atoms with Crippen LogP contribution in [0.25, 0.3) is 0 Å². The van der Waals surface area contributed by atoms with Gasteiger partial charge in [-0.1, -0.05) is 33.1 Å². The Morgan fingerprint density at radius 2 is 2.21 bits per heavy atom.